The van der Waals surface area contributed by atoms with E-state index < -0.39 is 5.60 Å². The molecular formula is C13H19NO. The molecule has 2 rings (SSSR count). The van der Waals surface area contributed by atoms with Crippen LogP contribution >= 0.6 is 0 Å². The fourth-order valence-electron chi connectivity index (χ4n) is 2.26. The summed E-state index contributed by atoms with van der Waals surface area (Å²) >= 11 is 0. The van der Waals surface area contributed by atoms with Crippen LogP contribution in [0.3, 0.4) is 0 Å². The van der Waals surface area contributed by atoms with E-state index in [4.69, 9.17) is 0 Å². The zero-order valence-corrected chi connectivity index (χ0v) is 9.46. The predicted octanol–water partition coefficient (Wildman–Crippen LogP) is 1.95. The van der Waals surface area contributed by atoms with E-state index in [1.54, 1.807) is 0 Å². The Bertz CT molecular complexity index is 323. The average Bonchev–Trinajstić information content (AvgIpc) is 2.71. The van der Waals surface area contributed by atoms with Crippen molar-refractivity contribution in [2.75, 3.05) is 6.54 Å². The Morgan fingerprint density at radius 1 is 1.33 bits per heavy atom. The molecule has 2 nitrogen and oxygen atoms in total. The maximum Gasteiger partial charge on any atom is 0.102 e. The topological polar surface area (TPSA) is 32.3 Å². The Morgan fingerprint density at radius 3 is 2.53 bits per heavy atom. The van der Waals surface area contributed by atoms with Gasteiger partial charge < -0.3 is 10.4 Å². The number of aryl methyl sites for hydroxylation is 1. The second kappa shape index (κ2) is 3.95. The van der Waals surface area contributed by atoms with Crippen molar-refractivity contribution in [3.8, 4) is 0 Å². The molecule has 0 aliphatic carbocycles. The second-order valence-electron chi connectivity index (χ2n) is 4.66. The maximum atomic E-state index is 10.5. The Kier molecular flexibility index (Phi) is 2.81. The zero-order valence-electron chi connectivity index (χ0n) is 9.46. The van der Waals surface area contributed by atoms with Gasteiger partial charge in [-0.25, -0.2) is 0 Å². The number of benzene rings is 1. The molecule has 1 aromatic rings. The van der Waals surface area contributed by atoms with E-state index in [-0.39, 0.29) is 6.04 Å². The molecule has 1 heterocycles. The summed E-state index contributed by atoms with van der Waals surface area (Å²) in [6, 6.07) is 8.35. The third-order valence-electron chi connectivity index (χ3n) is 3.37. The lowest BCUT2D eigenvalue weighted by atomic mass is 9.87. The van der Waals surface area contributed by atoms with Crippen molar-refractivity contribution in [1.29, 1.82) is 0 Å². The Hall–Kier alpha value is -0.860. The molecule has 1 aromatic carbocycles. The van der Waals surface area contributed by atoms with Crippen LogP contribution in [0.1, 0.15) is 30.9 Å². The molecule has 1 fully saturated rings. The van der Waals surface area contributed by atoms with Crippen LogP contribution in [0.25, 0.3) is 0 Å². The first-order valence-electron chi connectivity index (χ1n) is 5.63. The molecule has 2 heteroatoms. The molecule has 0 aromatic heterocycles. The van der Waals surface area contributed by atoms with Gasteiger partial charge in [0.25, 0.3) is 0 Å². The van der Waals surface area contributed by atoms with Gasteiger partial charge in [-0.05, 0) is 38.8 Å². The molecule has 2 N–H and O–H groups in total. The largest absolute Gasteiger partial charge is 0.384 e. The van der Waals surface area contributed by atoms with Gasteiger partial charge in [-0.15, -0.1) is 0 Å². The van der Waals surface area contributed by atoms with Crippen molar-refractivity contribution in [2.24, 2.45) is 0 Å². The van der Waals surface area contributed by atoms with Crippen molar-refractivity contribution >= 4 is 0 Å². The molecule has 2 atom stereocenters. The van der Waals surface area contributed by atoms with E-state index >= 15 is 0 Å². The normalized spacial score (nSPS) is 25.1. The molecule has 0 saturated carbocycles. The van der Waals surface area contributed by atoms with Gasteiger partial charge in [0.1, 0.15) is 5.60 Å². The minimum atomic E-state index is -0.746. The number of aliphatic hydroxyl groups is 1. The lowest BCUT2D eigenvalue weighted by Crippen LogP contribution is -2.42. The highest BCUT2D eigenvalue weighted by Gasteiger charge is 2.35. The summed E-state index contributed by atoms with van der Waals surface area (Å²) in [5.41, 5.74) is 1.49. The summed E-state index contributed by atoms with van der Waals surface area (Å²) < 4.78 is 0. The monoisotopic (exact) mass is 205 g/mol. The predicted molar refractivity (Wildman–Crippen MR) is 61.8 cm³/mol. The highest BCUT2D eigenvalue weighted by atomic mass is 16.3. The van der Waals surface area contributed by atoms with Gasteiger partial charge >= 0.3 is 0 Å². The first-order valence-corrected chi connectivity index (χ1v) is 5.63. The van der Waals surface area contributed by atoms with Gasteiger partial charge in [-0.2, -0.15) is 0 Å². The number of hydrogen-bond acceptors (Lipinski definition) is 2. The van der Waals surface area contributed by atoms with Gasteiger partial charge in [-0.1, -0.05) is 29.8 Å². The van der Waals surface area contributed by atoms with E-state index in [0.29, 0.717) is 0 Å². The summed E-state index contributed by atoms with van der Waals surface area (Å²) in [6.45, 7) is 4.99. The Balaban J connectivity index is 2.23. The van der Waals surface area contributed by atoms with Crippen LogP contribution in [0.15, 0.2) is 24.3 Å². The number of hydrogen-bond donors (Lipinski definition) is 2. The van der Waals surface area contributed by atoms with Crippen LogP contribution in [-0.2, 0) is 5.60 Å². The van der Waals surface area contributed by atoms with E-state index in [0.717, 1.165) is 24.9 Å². The van der Waals surface area contributed by atoms with Crippen molar-refractivity contribution < 1.29 is 5.11 Å². The maximum absolute atomic E-state index is 10.5. The molecular weight excluding hydrogens is 186 g/mol. The summed E-state index contributed by atoms with van der Waals surface area (Å²) in [7, 11) is 0. The molecule has 0 radical (unpaired) electrons. The van der Waals surface area contributed by atoms with Gasteiger partial charge in [0, 0.05) is 6.04 Å². The van der Waals surface area contributed by atoms with Crippen molar-refractivity contribution in [2.45, 2.75) is 38.3 Å². The third-order valence-corrected chi connectivity index (χ3v) is 3.37. The molecule has 0 bridgehead atoms. The summed E-state index contributed by atoms with van der Waals surface area (Å²) in [5, 5.41) is 13.9. The molecule has 2 unspecified atom stereocenters. The molecule has 82 valence electrons. The highest BCUT2D eigenvalue weighted by Crippen LogP contribution is 2.29. The van der Waals surface area contributed by atoms with Crippen molar-refractivity contribution in [3.63, 3.8) is 0 Å². The Morgan fingerprint density at radius 2 is 2.00 bits per heavy atom. The summed E-state index contributed by atoms with van der Waals surface area (Å²) in [6.07, 6.45) is 2.22. The summed E-state index contributed by atoms with van der Waals surface area (Å²) in [4.78, 5) is 0. The average molecular weight is 205 g/mol. The highest BCUT2D eigenvalue weighted by molar-refractivity contribution is 5.27. The van der Waals surface area contributed by atoms with Crippen molar-refractivity contribution in [1.82, 2.24) is 5.32 Å². The van der Waals surface area contributed by atoms with Crippen LogP contribution in [-0.4, -0.2) is 17.7 Å². The number of rotatable bonds is 2. The lowest BCUT2D eigenvalue weighted by Gasteiger charge is -2.30. The molecule has 1 saturated heterocycles. The van der Waals surface area contributed by atoms with Crippen LogP contribution in [0, 0.1) is 6.92 Å². The quantitative estimate of drug-likeness (QED) is 0.773. The van der Waals surface area contributed by atoms with Crippen LogP contribution < -0.4 is 5.32 Å². The van der Waals surface area contributed by atoms with Crippen LogP contribution in [0.2, 0.25) is 0 Å². The molecule has 0 amide bonds. The van der Waals surface area contributed by atoms with E-state index in [2.05, 4.69) is 24.4 Å². The van der Waals surface area contributed by atoms with Crippen molar-refractivity contribution in [3.05, 3.63) is 35.4 Å². The van der Waals surface area contributed by atoms with E-state index in [1.807, 2.05) is 19.1 Å². The first-order chi connectivity index (χ1) is 7.10. The fourth-order valence-corrected chi connectivity index (χ4v) is 2.26. The minimum Gasteiger partial charge on any atom is -0.384 e. The Labute approximate surface area is 91.3 Å². The van der Waals surface area contributed by atoms with E-state index in [9.17, 15) is 5.11 Å². The van der Waals surface area contributed by atoms with Crippen LogP contribution in [0.5, 0.6) is 0 Å². The van der Waals surface area contributed by atoms with Gasteiger partial charge in [0.05, 0.1) is 0 Å². The number of nitrogens with one attached hydrogen (secondary N) is 1. The molecule has 1 aliphatic rings. The first kappa shape index (κ1) is 10.7. The lowest BCUT2D eigenvalue weighted by molar-refractivity contribution is 0.0218. The van der Waals surface area contributed by atoms with Gasteiger partial charge in [-0.3, -0.25) is 0 Å². The zero-order chi connectivity index (χ0) is 10.9. The van der Waals surface area contributed by atoms with E-state index in [1.165, 1.54) is 5.56 Å². The van der Waals surface area contributed by atoms with Gasteiger partial charge in [0.15, 0.2) is 0 Å². The smallest absolute Gasteiger partial charge is 0.102 e. The molecule has 0 spiro atoms. The standard InChI is InChI=1S/C13H19NO/c1-10-5-7-11(8-6-10)13(2,15)12-4-3-9-14-12/h5-8,12,14-15H,3-4,9H2,1-2H3. The summed E-state index contributed by atoms with van der Waals surface area (Å²) in [5.74, 6) is 0. The van der Waals surface area contributed by atoms with Gasteiger partial charge in [0.2, 0.25) is 0 Å². The second-order valence-corrected chi connectivity index (χ2v) is 4.66. The third kappa shape index (κ3) is 2.06. The molecule has 1 aliphatic heterocycles. The fraction of sp³-hybridized carbons (Fsp3) is 0.538. The minimum absolute atomic E-state index is 0.195. The SMILES string of the molecule is Cc1ccc(C(C)(O)C2CCCN2)cc1. The molecule has 15 heavy (non-hydrogen) atoms. The van der Waals surface area contributed by atoms with Crippen LogP contribution in [0.4, 0.5) is 0 Å².